The Labute approximate surface area is 193 Å². The summed E-state index contributed by atoms with van der Waals surface area (Å²) in [4.78, 5) is 17.1. The number of methoxy groups -OCH3 is 1. The molecule has 0 N–H and O–H groups in total. The van der Waals surface area contributed by atoms with Gasteiger partial charge in [-0.2, -0.15) is 9.78 Å². The van der Waals surface area contributed by atoms with Crippen LogP contribution in [0.1, 0.15) is 30.0 Å². The summed E-state index contributed by atoms with van der Waals surface area (Å²) in [5.41, 5.74) is 2.65. The molecule has 0 radical (unpaired) electrons. The van der Waals surface area contributed by atoms with Crippen LogP contribution in [0.15, 0.2) is 28.5 Å². The second-order valence-corrected chi connectivity index (χ2v) is 10.6. The highest BCUT2D eigenvalue weighted by Crippen LogP contribution is 2.43. The summed E-state index contributed by atoms with van der Waals surface area (Å²) < 4.78 is 18.8. The molecule has 4 rings (SSSR count). The van der Waals surface area contributed by atoms with Gasteiger partial charge < -0.3 is 14.2 Å². The number of nitrogens with zero attached hydrogens (tertiary/aromatic N) is 3. The Bertz CT molecular complexity index is 1110. The average Bonchev–Trinajstić information content (AvgIpc) is 3.27. The van der Waals surface area contributed by atoms with Gasteiger partial charge >= 0.3 is 5.97 Å². The van der Waals surface area contributed by atoms with Gasteiger partial charge in [-0.05, 0) is 31.2 Å². The fourth-order valence-corrected chi connectivity index (χ4v) is 5.63. The van der Waals surface area contributed by atoms with Crippen LogP contribution in [0.25, 0.3) is 16.4 Å². The van der Waals surface area contributed by atoms with Gasteiger partial charge in [0.1, 0.15) is 17.5 Å². The van der Waals surface area contributed by atoms with Gasteiger partial charge in [-0.1, -0.05) is 36.8 Å². The molecule has 7 nitrogen and oxygen atoms in total. The van der Waals surface area contributed by atoms with Gasteiger partial charge in [0.2, 0.25) is 5.13 Å². The third-order valence-electron chi connectivity index (χ3n) is 4.43. The number of thioether (sulfide) groups is 1. The minimum Gasteiger partial charge on any atom is -0.485 e. The van der Waals surface area contributed by atoms with E-state index in [1.54, 1.807) is 23.9 Å². The number of carbonyl (C=O) groups is 1. The van der Waals surface area contributed by atoms with E-state index >= 15 is 0 Å². The first-order valence-electron chi connectivity index (χ1n) is 9.73. The van der Waals surface area contributed by atoms with Crippen molar-refractivity contribution in [2.75, 3.05) is 20.3 Å². The van der Waals surface area contributed by atoms with E-state index in [1.165, 1.54) is 23.1 Å². The topological polar surface area (TPSA) is 75.5 Å². The summed E-state index contributed by atoms with van der Waals surface area (Å²) in [6, 6.07) is 7.23. The van der Waals surface area contributed by atoms with Crippen LogP contribution in [0.4, 0.5) is 0 Å². The molecule has 0 amide bonds. The van der Waals surface area contributed by atoms with Crippen LogP contribution in [-0.4, -0.2) is 52.4 Å². The van der Waals surface area contributed by atoms with E-state index < -0.39 is 5.97 Å². The average molecular weight is 480 g/mol. The van der Waals surface area contributed by atoms with Crippen molar-refractivity contribution >= 4 is 40.7 Å². The molecule has 0 bridgehead atoms. The van der Waals surface area contributed by atoms with Crippen LogP contribution >= 0.6 is 34.7 Å². The number of rotatable bonds is 7. The smallest absolute Gasteiger partial charge is 0.356 e. The van der Waals surface area contributed by atoms with E-state index in [2.05, 4.69) is 18.9 Å². The molecule has 0 aliphatic carbocycles. The highest BCUT2D eigenvalue weighted by atomic mass is 35.5. The maximum absolute atomic E-state index is 12.3. The summed E-state index contributed by atoms with van der Waals surface area (Å²) >= 11 is 9.42. The first-order chi connectivity index (χ1) is 14.9. The summed E-state index contributed by atoms with van der Waals surface area (Å²) in [6.45, 7) is 7.18. The molecule has 1 aromatic carbocycles. The largest absolute Gasteiger partial charge is 0.485 e. The summed E-state index contributed by atoms with van der Waals surface area (Å²) in [7, 11) is 1.35. The SMILES string of the molecule is COC(=O)c1cc(C)nn1-c1nc(-c2ccc(Cl)cc2OC2COC2)c(SC(C)C)s1. The zero-order valence-corrected chi connectivity index (χ0v) is 19.9. The van der Waals surface area contributed by atoms with Crippen molar-refractivity contribution in [3.8, 4) is 22.1 Å². The molecule has 0 unspecified atom stereocenters. The molecule has 10 heteroatoms. The second-order valence-electron chi connectivity index (χ2n) is 7.29. The molecular formula is C21H22ClN3O4S2. The third-order valence-corrected chi connectivity index (χ3v) is 6.91. The highest BCUT2D eigenvalue weighted by Gasteiger charge is 2.26. The molecule has 3 aromatic rings. The van der Waals surface area contributed by atoms with Crippen molar-refractivity contribution in [1.29, 1.82) is 0 Å². The number of hydrogen-bond acceptors (Lipinski definition) is 8. The maximum atomic E-state index is 12.3. The number of carbonyl (C=O) groups excluding carboxylic acids is 1. The lowest BCUT2D eigenvalue weighted by molar-refractivity contribution is -0.0794. The molecule has 164 valence electrons. The Morgan fingerprint density at radius 3 is 2.77 bits per heavy atom. The lowest BCUT2D eigenvalue weighted by Gasteiger charge is -2.27. The van der Waals surface area contributed by atoms with Crippen molar-refractivity contribution in [3.63, 3.8) is 0 Å². The molecular weight excluding hydrogens is 458 g/mol. The van der Waals surface area contributed by atoms with E-state index in [9.17, 15) is 4.79 Å². The van der Waals surface area contributed by atoms with Crippen molar-refractivity contribution in [2.24, 2.45) is 0 Å². The molecule has 1 fully saturated rings. The van der Waals surface area contributed by atoms with Gasteiger partial charge in [-0.15, -0.1) is 11.8 Å². The Morgan fingerprint density at radius 1 is 1.35 bits per heavy atom. The van der Waals surface area contributed by atoms with Gasteiger partial charge in [0.25, 0.3) is 0 Å². The molecule has 0 saturated carbocycles. The Morgan fingerprint density at radius 2 is 2.13 bits per heavy atom. The second kappa shape index (κ2) is 9.20. The fraction of sp³-hybridized carbons (Fsp3) is 0.381. The minimum atomic E-state index is -0.462. The Hall–Kier alpha value is -2.07. The minimum absolute atomic E-state index is 0.00350. The number of halogens is 1. The van der Waals surface area contributed by atoms with E-state index in [1.807, 2.05) is 19.1 Å². The number of hydrogen-bond donors (Lipinski definition) is 0. The fourth-order valence-electron chi connectivity index (χ4n) is 3.00. The third kappa shape index (κ3) is 4.74. The molecule has 2 aromatic heterocycles. The van der Waals surface area contributed by atoms with E-state index in [0.29, 0.717) is 45.8 Å². The molecule has 1 saturated heterocycles. The van der Waals surface area contributed by atoms with Crippen LogP contribution in [0.2, 0.25) is 5.02 Å². The summed E-state index contributed by atoms with van der Waals surface area (Å²) in [5, 5.41) is 5.98. The zero-order valence-electron chi connectivity index (χ0n) is 17.5. The molecule has 1 aliphatic rings. The number of aryl methyl sites for hydroxylation is 1. The van der Waals surface area contributed by atoms with Crippen LogP contribution in [0, 0.1) is 6.92 Å². The van der Waals surface area contributed by atoms with Crippen molar-refractivity contribution in [2.45, 2.75) is 36.3 Å². The molecule has 3 heterocycles. The quantitative estimate of drug-likeness (QED) is 0.347. The molecule has 31 heavy (non-hydrogen) atoms. The van der Waals surface area contributed by atoms with Crippen LogP contribution in [0.3, 0.4) is 0 Å². The normalized spacial score (nSPS) is 14.0. The Balaban J connectivity index is 1.82. The van der Waals surface area contributed by atoms with Gasteiger partial charge in [-0.25, -0.2) is 9.78 Å². The monoisotopic (exact) mass is 479 g/mol. The predicted octanol–water partition coefficient (Wildman–Crippen LogP) is 5.02. The molecule has 1 aliphatic heterocycles. The number of esters is 1. The van der Waals surface area contributed by atoms with Gasteiger partial charge in [-0.3, -0.25) is 0 Å². The van der Waals surface area contributed by atoms with Crippen molar-refractivity contribution < 1.29 is 19.0 Å². The number of benzene rings is 1. The standard InChI is InChI=1S/C21H22ClN3O4S2/c1-11(2)30-20-18(15-6-5-13(22)8-17(15)29-14-9-28-10-14)23-21(31-20)25-16(19(26)27-4)7-12(3)24-25/h5-8,11,14H,9-10H2,1-4H3. The lowest BCUT2D eigenvalue weighted by Crippen LogP contribution is -2.38. The lowest BCUT2D eigenvalue weighted by atomic mass is 10.1. The zero-order chi connectivity index (χ0) is 22.1. The van der Waals surface area contributed by atoms with Crippen LogP contribution in [0.5, 0.6) is 5.75 Å². The number of ether oxygens (including phenoxy) is 3. The van der Waals surface area contributed by atoms with Gasteiger partial charge in [0, 0.05) is 15.8 Å². The van der Waals surface area contributed by atoms with Gasteiger partial charge in [0.15, 0.2) is 5.69 Å². The highest BCUT2D eigenvalue weighted by molar-refractivity contribution is 8.01. The predicted molar refractivity (Wildman–Crippen MR) is 122 cm³/mol. The van der Waals surface area contributed by atoms with Gasteiger partial charge in [0.05, 0.1) is 30.2 Å². The van der Waals surface area contributed by atoms with E-state index in [4.69, 9.17) is 30.8 Å². The number of aromatic nitrogens is 3. The van der Waals surface area contributed by atoms with E-state index in [0.717, 1.165) is 15.5 Å². The molecule has 0 spiro atoms. The molecule has 0 atom stereocenters. The Kier molecular flexibility index (Phi) is 6.57. The van der Waals surface area contributed by atoms with Crippen LogP contribution in [-0.2, 0) is 9.47 Å². The number of thiazole rings is 1. The first kappa shape index (κ1) is 22.1. The van der Waals surface area contributed by atoms with Crippen molar-refractivity contribution in [3.05, 3.63) is 40.7 Å². The van der Waals surface area contributed by atoms with Crippen LogP contribution < -0.4 is 4.74 Å². The first-order valence-corrected chi connectivity index (χ1v) is 11.8. The summed E-state index contributed by atoms with van der Waals surface area (Å²) in [6.07, 6.45) is -0.00350. The van der Waals surface area contributed by atoms with E-state index in [-0.39, 0.29) is 6.10 Å². The summed E-state index contributed by atoms with van der Waals surface area (Å²) in [5.74, 6) is 0.198. The maximum Gasteiger partial charge on any atom is 0.356 e. The van der Waals surface area contributed by atoms with Crippen molar-refractivity contribution in [1.82, 2.24) is 14.8 Å².